The largest absolute Gasteiger partial charge is 0.508 e. The van der Waals surface area contributed by atoms with Gasteiger partial charge < -0.3 is 25.2 Å². The molecule has 13 heteroatoms. The van der Waals surface area contributed by atoms with Crippen LogP contribution in [0.3, 0.4) is 0 Å². The minimum Gasteiger partial charge on any atom is -0.508 e. The van der Waals surface area contributed by atoms with E-state index in [2.05, 4.69) is 43.0 Å². The van der Waals surface area contributed by atoms with Gasteiger partial charge in [0.05, 0.1) is 23.9 Å². The van der Waals surface area contributed by atoms with Crippen LogP contribution in [0.15, 0.2) is 30.5 Å². The Morgan fingerprint density at radius 1 is 1.35 bits per heavy atom. The number of aliphatic hydroxyl groups is 1. The van der Waals surface area contributed by atoms with Crippen LogP contribution in [0.2, 0.25) is 0 Å². The molecule has 1 aromatic carbocycles. The van der Waals surface area contributed by atoms with Crippen LogP contribution < -0.4 is 20.1 Å². The highest BCUT2D eigenvalue weighted by Gasteiger charge is 2.49. The van der Waals surface area contributed by atoms with Gasteiger partial charge >= 0.3 is 6.01 Å². The van der Waals surface area contributed by atoms with Gasteiger partial charge in [0.2, 0.25) is 11.8 Å². The Bertz CT molecular complexity index is 1790. The minimum absolute atomic E-state index is 0.0554. The molecule has 3 aromatic rings. The maximum atomic E-state index is 16.6. The molecule has 6 rings (SSSR count). The summed E-state index contributed by atoms with van der Waals surface area (Å²) in [7, 11) is 1.34. The van der Waals surface area contributed by atoms with Crippen molar-refractivity contribution in [2.24, 2.45) is 0 Å². The Hall–Kier alpha value is -4.83. The lowest BCUT2D eigenvalue weighted by Crippen LogP contribution is -2.43. The maximum Gasteiger partial charge on any atom is 0.319 e. The fourth-order valence-electron chi connectivity index (χ4n) is 6.65. The molecule has 240 valence electrons. The number of nitrogens with one attached hydrogen (secondary N) is 2. The second-order valence-corrected chi connectivity index (χ2v) is 11.7. The van der Waals surface area contributed by atoms with Crippen molar-refractivity contribution in [3.8, 4) is 24.2 Å². The van der Waals surface area contributed by atoms with Crippen LogP contribution in [0, 0.1) is 24.0 Å². The summed E-state index contributed by atoms with van der Waals surface area (Å²) in [6.07, 6.45) is 9.32. The molecule has 5 heterocycles. The molecule has 0 bridgehead atoms. The van der Waals surface area contributed by atoms with Crippen molar-refractivity contribution >= 4 is 28.7 Å². The van der Waals surface area contributed by atoms with Gasteiger partial charge in [0.25, 0.3) is 0 Å². The van der Waals surface area contributed by atoms with Crippen LogP contribution in [0.1, 0.15) is 48.1 Å². The minimum atomic E-state index is -0.973. The average molecular weight is 635 g/mol. The number of fused-ring (bicyclic) bond motifs is 2. The highest BCUT2D eigenvalue weighted by molar-refractivity contribution is 5.96. The summed E-state index contributed by atoms with van der Waals surface area (Å²) in [6, 6.07) is 1.72. The highest BCUT2D eigenvalue weighted by atomic mass is 19.1. The van der Waals surface area contributed by atoms with Crippen molar-refractivity contribution in [1.82, 2.24) is 25.2 Å². The van der Waals surface area contributed by atoms with Crippen LogP contribution in [-0.4, -0.2) is 82.0 Å². The number of methoxy groups -OCH3 is 1. The highest BCUT2D eigenvalue weighted by Crippen LogP contribution is 2.41. The van der Waals surface area contributed by atoms with E-state index in [1.165, 1.54) is 25.3 Å². The molecule has 1 amide bonds. The number of anilines is 1. The summed E-state index contributed by atoms with van der Waals surface area (Å²) in [5.41, 5.74) is -0.511. The smallest absolute Gasteiger partial charge is 0.319 e. The van der Waals surface area contributed by atoms with Crippen molar-refractivity contribution in [3.05, 3.63) is 64.6 Å². The lowest BCUT2D eigenvalue weighted by atomic mass is 9.95. The van der Waals surface area contributed by atoms with Crippen LogP contribution in [0.5, 0.6) is 11.9 Å². The summed E-state index contributed by atoms with van der Waals surface area (Å²) >= 11 is 0. The van der Waals surface area contributed by atoms with Crippen molar-refractivity contribution in [1.29, 1.82) is 0 Å². The van der Waals surface area contributed by atoms with E-state index in [0.29, 0.717) is 31.5 Å². The molecular formula is C33H33F3N6O4. The van der Waals surface area contributed by atoms with Gasteiger partial charge in [-0.05, 0) is 55.2 Å². The monoisotopic (exact) mass is 634 g/mol. The molecule has 46 heavy (non-hydrogen) atoms. The van der Waals surface area contributed by atoms with E-state index < -0.39 is 29.4 Å². The van der Waals surface area contributed by atoms with E-state index in [1.807, 2.05) is 0 Å². The summed E-state index contributed by atoms with van der Waals surface area (Å²) < 4.78 is 57.4. The lowest BCUT2D eigenvalue weighted by molar-refractivity contribution is -0.119. The Labute approximate surface area is 263 Å². The fraction of sp³-hybridized carbons (Fsp3) is 0.394. The fourth-order valence-corrected chi connectivity index (χ4v) is 6.65. The number of halogens is 3. The third-order valence-electron chi connectivity index (χ3n) is 8.88. The Morgan fingerprint density at radius 2 is 2.17 bits per heavy atom. The van der Waals surface area contributed by atoms with E-state index in [0.717, 1.165) is 25.5 Å². The number of hydrogen-bond donors (Lipinski definition) is 3. The number of terminal acetylenes is 1. The first kappa shape index (κ1) is 31.2. The summed E-state index contributed by atoms with van der Waals surface area (Å²) in [4.78, 5) is 27.9. The number of carbonyl (C=O) groups excluding carboxylic acids is 1. The first-order chi connectivity index (χ1) is 22.2. The summed E-state index contributed by atoms with van der Waals surface area (Å²) in [6.45, 7) is 5.15. The van der Waals surface area contributed by atoms with Crippen LogP contribution in [0.4, 0.5) is 19.0 Å². The molecule has 0 radical (unpaired) electrons. The number of aliphatic hydroxyl groups excluding tert-OH is 1. The zero-order valence-electron chi connectivity index (χ0n) is 25.2. The second-order valence-electron chi connectivity index (χ2n) is 11.7. The van der Waals surface area contributed by atoms with Gasteiger partial charge in [-0.1, -0.05) is 18.6 Å². The van der Waals surface area contributed by atoms with Gasteiger partial charge in [-0.25, -0.2) is 18.2 Å². The number of allylic oxidation sites excluding steroid dienone is 1. The number of carbonyl (C=O) groups is 1. The molecule has 0 aliphatic carbocycles. The number of amides is 1. The molecule has 0 spiro atoms. The molecule has 3 aliphatic rings. The van der Waals surface area contributed by atoms with Gasteiger partial charge in [0.1, 0.15) is 47.1 Å². The molecule has 3 fully saturated rings. The molecule has 3 aliphatic heterocycles. The first-order valence-corrected chi connectivity index (χ1v) is 15.0. The molecule has 1 unspecified atom stereocenters. The molecule has 0 saturated carbocycles. The number of ether oxygens (including phenoxy) is 2. The van der Waals surface area contributed by atoms with E-state index >= 15 is 4.39 Å². The Kier molecular flexibility index (Phi) is 8.48. The number of hydrogen-bond acceptors (Lipinski definition) is 9. The zero-order valence-corrected chi connectivity index (χ0v) is 25.2. The average Bonchev–Trinajstić information content (AvgIpc) is 3.72. The lowest BCUT2D eigenvalue weighted by Gasteiger charge is -2.30. The quantitative estimate of drug-likeness (QED) is 0.171. The van der Waals surface area contributed by atoms with Crippen LogP contribution in [0.25, 0.3) is 17.0 Å². The predicted octanol–water partition coefficient (Wildman–Crippen LogP) is 4.22. The van der Waals surface area contributed by atoms with Crippen LogP contribution >= 0.6 is 0 Å². The van der Waals surface area contributed by atoms with Gasteiger partial charge in [0.15, 0.2) is 5.82 Å². The summed E-state index contributed by atoms with van der Waals surface area (Å²) in [5.74, 6) is 0.288. The Balaban J connectivity index is 1.47. The van der Waals surface area contributed by atoms with Gasteiger partial charge in [-0.3, -0.25) is 9.69 Å². The SMILES string of the molecule is C#Cc1c(F)ccc(/C=C(/O)C=C)c1Cc1nc(OC)c2c(NC3CCNC3=O)nc(OC[C@@]34CCCN3C[C@H](F)C4)nc2c1F. The second kappa shape index (κ2) is 12.5. The van der Waals surface area contributed by atoms with E-state index in [-0.39, 0.29) is 70.1 Å². The van der Waals surface area contributed by atoms with Gasteiger partial charge in [-0.15, -0.1) is 6.42 Å². The zero-order chi connectivity index (χ0) is 32.6. The number of rotatable bonds is 10. The molecule has 3 N–H and O–H groups in total. The molecule has 2 aromatic heterocycles. The molecule has 3 atom stereocenters. The van der Waals surface area contributed by atoms with Gasteiger partial charge in [-0.2, -0.15) is 9.97 Å². The van der Waals surface area contributed by atoms with Crippen molar-refractivity contribution < 1.29 is 32.5 Å². The molecule has 3 saturated heterocycles. The number of aromatic nitrogens is 3. The number of nitrogens with zero attached hydrogens (tertiary/aromatic N) is 4. The molecule has 10 nitrogen and oxygen atoms in total. The third-order valence-corrected chi connectivity index (χ3v) is 8.88. The maximum absolute atomic E-state index is 16.6. The van der Waals surface area contributed by atoms with E-state index in [9.17, 15) is 18.7 Å². The number of benzene rings is 1. The Morgan fingerprint density at radius 3 is 2.89 bits per heavy atom. The third kappa shape index (κ3) is 5.69. The van der Waals surface area contributed by atoms with Crippen molar-refractivity contribution in [2.45, 2.75) is 49.9 Å². The first-order valence-electron chi connectivity index (χ1n) is 15.0. The topological polar surface area (TPSA) is 122 Å². The normalized spacial score (nSPS) is 22.8. The van der Waals surface area contributed by atoms with Gasteiger partial charge in [0, 0.05) is 25.9 Å². The van der Waals surface area contributed by atoms with Crippen molar-refractivity contribution in [2.75, 3.05) is 38.7 Å². The molecular weight excluding hydrogens is 601 g/mol. The van der Waals surface area contributed by atoms with Crippen molar-refractivity contribution in [3.63, 3.8) is 0 Å². The van der Waals surface area contributed by atoms with E-state index in [1.54, 1.807) is 0 Å². The standard InChI is InChI=1S/C33H33F3N6O4/c1-4-20(43)13-18-7-8-23(35)21(5-2)22(18)14-25-27(36)28-26(31(39-25)45-3)29(38-24-9-11-37-30(24)44)41-32(40-28)46-17-33-10-6-12-42(33)16-19(34)15-33/h2,4,7-8,13,19,24,43H,1,6,9-12,14-17H2,3H3,(H,37,44)(H,38,40,41)/b20-13+/t19-,24?,33+/m1/s1. The summed E-state index contributed by atoms with van der Waals surface area (Å²) in [5, 5.41) is 16.0. The number of pyridine rings is 1. The van der Waals surface area contributed by atoms with E-state index in [4.69, 9.17) is 15.9 Å². The predicted molar refractivity (Wildman–Crippen MR) is 165 cm³/mol. The number of alkyl halides is 1. The van der Waals surface area contributed by atoms with Crippen LogP contribution in [-0.2, 0) is 11.2 Å².